The molecule has 1 heterocycles. The van der Waals surface area contributed by atoms with E-state index in [-0.39, 0.29) is 5.91 Å². The van der Waals surface area contributed by atoms with E-state index in [2.05, 4.69) is 15.4 Å². The fourth-order valence-electron chi connectivity index (χ4n) is 1.54. The molecule has 1 aromatic carbocycles. The summed E-state index contributed by atoms with van der Waals surface area (Å²) in [6.45, 7) is 3.76. The van der Waals surface area contributed by atoms with E-state index in [0.29, 0.717) is 5.69 Å². The maximum absolute atomic E-state index is 11.7. The van der Waals surface area contributed by atoms with Crippen LogP contribution < -0.4 is 5.32 Å². The molecule has 5 nitrogen and oxygen atoms in total. The topological polar surface area (TPSA) is 59.8 Å². The number of allylic oxidation sites excluding steroid dienone is 1. The fraction of sp³-hybridized carbons (Fsp3) is 0.154. The monoisotopic (exact) mass is 242 g/mol. The number of nitrogens with one attached hydrogen (secondary N) is 1. The molecule has 1 aromatic heterocycles. The lowest BCUT2D eigenvalue weighted by atomic mass is 10.2. The largest absolute Gasteiger partial charge is 0.321 e. The van der Waals surface area contributed by atoms with Crippen molar-refractivity contribution in [2.75, 3.05) is 5.32 Å². The number of carbonyl (C=O) groups excluding carboxylic acids is 1. The molecule has 0 bridgehead atoms. The third kappa shape index (κ3) is 2.82. The van der Waals surface area contributed by atoms with Gasteiger partial charge in [-0.25, -0.2) is 9.67 Å². The molecule has 1 amide bonds. The minimum atomic E-state index is -0.150. The summed E-state index contributed by atoms with van der Waals surface area (Å²) in [6.07, 6.45) is 4.60. The first kappa shape index (κ1) is 12.0. The Hall–Kier alpha value is -2.43. The molecule has 0 radical (unpaired) electrons. The van der Waals surface area contributed by atoms with E-state index in [4.69, 9.17) is 0 Å². The van der Waals surface area contributed by atoms with Crippen molar-refractivity contribution in [3.8, 4) is 5.69 Å². The number of amides is 1. The van der Waals surface area contributed by atoms with Crippen LogP contribution >= 0.6 is 0 Å². The lowest BCUT2D eigenvalue weighted by Crippen LogP contribution is -2.11. The molecule has 18 heavy (non-hydrogen) atoms. The zero-order chi connectivity index (χ0) is 13.0. The summed E-state index contributed by atoms with van der Waals surface area (Å²) in [5.41, 5.74) is 2.43. The van der Waals surface area contributed by atoms with Crippen LogP contribution in [-0.2, 0) is 4.79 Å². The average molecular weight is 242 g/mol. The van der Waals surface area contributed by atoms with E-state index in [9.17, 15) is 4.79 Å². The van der Waals surface area contributed by atoms with Crippen molar-refractivity contribution in [3.05, 3.63) is 48.6 Å². The molecule has 2 aromatic rings. The normalized spacial score (nSPS) is 9.89. The molecule has 0 aliphatic carbocycles. The van der Waals surface area contributed by atoms with Crippen LogP contribution in [0.2, 0.25) is 0 Å². The highest BCUT2D eigenvalue weighted by Crippen LogP contribution is 2.18. The third-order valence-electron chi connectivity index (χ3n) is 2.25. The van der Waals surface area contributed by atoms with Gasteiger partial charge in [0, 0.05) is 6.08 Å². The molecule has 2 rings (SSSR count). The molecule has 0 aliphatic rings. The number of hydrogen-bond acceptors (Lipinski definition) is 3. The van der Waals surface area contributed by atoms with E-state index in [1.54, 1.807) is 17.1 Å². The zero-order valence-electron chi connectivity index (χ0n) is 10.3. The Bertz CT molecular complexity index is 568. The maximum Gasteiger partial charge on any atom is 0.248 e. The van der Waals surface area contributed by atoms with E-state index < -0.39 is 0 Å². The molecule has 0 saturated carbocycles. The van der Waals surface area contributed by atoms with Crippen molar-refractivity contribution >= 4 is 11.6 Å². The summed E-state index contributed by atoms with van der Waals surface area (Å²) < 4.78 is 1.61. The predicted octanol–water partition coefficient (Wildman–Crippen LogP) is 2.17. The summed E-state index contributed by atoms with van der Waals surface area (Å²) in [5.74, 6) is -0.150. The first-order chi connectivity index (χ1) is 8.66. The van der Waals surface area contributed by atoms with Gasteiger partial charge in [0.2, 0.25) is 5.91 Å². The van der Waals surface area contributed by atoms with Gasteiger partial charge in [-0.1, -0.05) is 17.7 Å². The molecule has 5 heteroatoms. The van der Waals surface area contributed by atoms with Crippen LogP contribution in [0.25, 0.3) is 5.69 Å². The van der Waals surface area contributed by atoms with Gasteiger partial charge in [0.1, 0.15) is 12.7 Å². The van der Waals surface area contributed by atoms with Gasteiger partial charge >= 0.3 is 0 Å². The Morgan fingerprint density at radius 3 is 2.78 bits per heavy atom. The Kier molecular flexibility index (Phi) is 3.52. The van der Waals surface area contributed by atoms with Crippen molar-refractivity contribution in [1.82, 2.24) is 14.8 Å². The van der Waals surface area contributed by atoms with Gasteiger partial charge in [0.25, 0.3) is 0 Å². The second kappa shape index (κ2) is 5.27. The van der Waals surface area contributed by atoms with Gasteiger partial charge in [0.15, 0.2) is 0 Å². The van der Waals surface area contributed by atoms with Crippen LogP contribution in [0.1, 0.15) is 13.8 Å². The minimum Gasteiger partial charge on any atom is -0.321 e. The quantitative estimate of drug-likeness (QED) is 0.839. The molecule has 1 N–H and O–H groups in total. The van der Waals surface area contributed by atoms with Crippen LogP contribution in [0.15, 0.2) is 48.6 Å². The average Bonchev–Trinajstić information content (AvgIpc) is 2.81. The summed E-state index contributed by atoms with van der Waals surface area (Å²) in [5, 5.41) is 6.88. The molecule has 92 valence electrons. The number of carbonyl (C=O) groups is 1. The Morgan fingerprint density at radius 2 is 2.11 bits per heavy atom. The van der Waals surface area contributed by atoms with Crippen molar-refractivity contribution in [2.45, 2.75) is 13.8 Å². The molecular weight excluding hydrogens is 228 g/mol. The number of hydrogen-bond donors (Lipinski definition) is 1. The van der Waals surface area contributed by atoms with E-state index in [0.717, 1.165) is 11.3 Å². The van der Waals surface area contributed by atoms with Gasteiger partial charge in [-0.2, -0.15) is 5.10 Å². The van der Waals surface area contributed by atoms with Crippen molar-refractivity contribution < 1.29 is 4.79 Å². The Morgan fingerprint density at radius 1 is 1.33 bits per heavy atom. The second-order valence-electron chi connectivity index (χ2n) is 4.07. The van der Waals surface area contributed by atoms with Crippen molar-refractivity contribution in [3.63, 3.8) is 0 Å². The lowest BCUT2D eigenvalue weighted by molar-refractivity contribution is -0.111. The molecule has 0 aliphatic heterocycles. The van der Waals surface area contributed by atoms with E-state index in [1.165, 1.54) is 6.33 Å². The third-order valence-corrected chi connectivity index (χ3v) is 2.25. The van der Waals surface area contributed by atoms with Gasteiger partial charge in [-0.3, -0.25) is 4.79 Å². The van der Waals surface area contributed by atoms with E-state index >= 15 is 0 Å². The fourth-order valence-corrected chi connectivity index (χ4v) is 1.54. The van der Waals surface area contributed by atoms with Crippen molar-refractivity contribution in [2.24, 2.45) is 0 Å². The summed E-state index contributed by atoms with van der Waals surface area (Å²) in [4.78, 5) is 15.6. The molecular formula is C13H14N4O. The minimum absolute atomic E-state index is 0.150. The number of benzene rings is 1. The highest BCUT2D eigenvalue weighted by atomic mass is 16.1. The summed E-state index contributed by atoms with van der Waals surface area (Å²) >= 11 is 0. The van der Waals surface area contributed by atoms with Crippen LogP contribution in [0.5, 0.6) is 0 Å². The van der Waals surface area contributed by atoms with Gasteiger partial charge in [-0.05, 0) is 26.0 Å². The smallest absolute Gasteiger partial charge is 0.248 e. The number of nitrogens with zero attached hydrogens (tertiary/aromatic N) is 3. The molecule has 0 atom stereocenters. The van der Waals surface area contributed by atoms with E-state index in [1.807, 2.05) is 38.1 Å². The number of anilines is 1. The number of aromatic nitrogens is 3. The second-order valence-corrected chi connectivity index (χ2v) is 4.07. The van der Waals surface area contributed by atoms with Gasteiger partial charge in [-0.15, -0.1) is 0 Å². The lowest BCUT2D eigenvalue weighted by Gasteiger charge is -2.09. The molecule has 0 fully saturated rings. The zero-order valence-corrected chi connectivity index (χ0v) is 10.3. The number of rotatable bonds is 3. The standard InChI is InChI=1S/C13H14N4O/c1-10(2)7-13(18)16-11-5-3-4-6-12(11)17-9-14-8-15-17/h3-9H,1-2H3,(H,16,18). The Labute approximate surface area is 105 Å². The van der Waals surface area contributed by atoms with Crippen LogP contribution in [-0.4, -0.2) is 20.7 Å². The SMILES string of the molecule is CC(C)=CC(=O)Nc1ccccc1-n1cncn1. The van der Waals surface area contributed by atoms with Crippen LogP contribution in [0.3, 0.4) is 0 Å². The first-order valence-corrected chi connectivity index (χ1v) is 5.57. The summed E-state index contributed by atoms with van der Waals surface area (Å²) in [7, 11) is 0. The number of para-hydroxylation sites is 2. The molecule has 0 unspecified atom stereocenters. The van der Waals surface area contributed by atoms with Crippen LogP contribution in [0.4, 0.5) is 5.69 Å². The van der Waals surface area contributed by atoms with Gasteiger partial charge in [0.05, 0.1) is 11.4 Å². The van der Waals surface area contributed by atoms with Gasteiger partial charge < -0.3 is 5.32 Å². The Balaban J connectivity index is 2.29. The van der Waals surface area contributed by atoms with Crippen LogP contribution in [0, 0.1) is 0 Å². The highest BCUT2D eigenvalue weighted by molar-refractivity contribution is 6.00. The molecule has 0 spiro atoms. The van der Waals surface area contributed by atoms with Crippen molar-refractivity contribution in [1.29, 1.82) is 0 Å². The maximum atomic E-state index is 11.7. The highest BCUT2D eigenvalue weighted by Gasteiger charge is 2.06. The first-order valence-electron chi connectivity index (χ1n) is 5.57. The summed E-state index contributed by atoms with van der Waals surface area (Å²) in [6, 6.07) is 7.44. The molecule has 0 saturated heterocycles. The predicted molar refractivity (Wildman–Crippen MR) is 69.4 cm³/mol.